The van der Waals surface area contributed by atoms with Crippen molar-refractivity contribution in [2.45, 2.75) is 52.2 Å². The predicted octanol–water partition coefficient (Wildman–Crippen LogP) is 3.09. The third-order valence-corrected chi connectivity index (χ3v) is 4.52. The minimum absolute atomic E-state index is 0.237. The number of hydrogen-bond acceptors (Lipinski definition) is 4. The third kappa shape index (κ3) is 3.27. The number of aryl methyl sites for hydroxylation is 1. The SMILES string of the molecule is CCCc1nc(C(C)(CC)OC)sc1CNC. The molecular weight excluding hydrogens is 232 g/mol. The van der Waals surface area contributed by atoms with Crippen LogP contribution in [0.2, 0.25) is 0 Å². The molecule has 0 radical (unpaired) electrons. The first-order valence-electron chi connectivity index (χ1n) is 6.30. The molecule has 17 heavy (non-hydrogen) atoms. The lowest BCUT2D eigenvalue weighted by molar-refractivity contribution is -0.00166. The summed E-state index contributed by atoms with van der Waals surface area (Å²) in [6.07, 6.45) is 3.13. The largest absolute Gasteiger partial charge is 0.371 e. The van der Waals surface area contributed by atoms with Gasteiger partial charge in [-0.05, 0) is 26.8 Å². The van der Waals surface area contributed by atoms with Crippen LogP contribution in [0.5, 0.6) is 0 Å². The molecule has 0 aromatic carbocycles. The minimum Gasteiger partial charge on any atom is -0.371 e. The van der Waals surface area contributed by atoms with Crippen LogP contribution in [0.15, 0.2) is 0 Å². The summed E-state index contributed by atoms with van der Waals surface area (Å²) in [7, 11) is 3.74. The molecule has 1 atom stereocenters. The van der Waals surface area contributed by atoms with E-state index in [4.69, 9.17) is 9.72 Å². The number of thiazole rings is 1. The van der Waals surface area contributed by atoms with Crippen LogP contribution in [0.25, 0.3) is 0 Å². The summed E-state index contributed by atoms with van der Waals surface area (Å²) < 4.78 is 5.63. The minimum atomic E-state index is -0.237. The van der Waals surface area contributed by atoms with Crippen molar-refractivity contribution in [1.82, 2.24) is 10.3 Å². The summed E-state index contributed by atoms with van der Waals surface area (Å²) in [4.78, 5) is 6.13. The van der Waals surface area contributed by atoms with E-state index in [2.05, 4.69) is 26.1 Å². The molecule has 0 bridgehead atoms. The van der Waals surface area contributed by atoms with Crippen molar-refractivity contribution in [1.29, 1.82) is 0 Å². The molecule has 3 nitrogen and oxygen atoms in total. The van der Waals surface area contributed by atoms with Gasteiger partial charge in [0.05, 0.1) is 5.69 Å². The number of hydrogen-bond donors (Lipinski definition) is 1. The van der Waals surface area contributed by atoms with Gasteiger partial charge in [0.2, 0.25) is 0 Å². The quantitative estimate of drug-likeness (QED) is 0.814. The lowest BCUT2D eigenvalue weighted by Crippen LogP contribution is -2.22. The topological polar surface area (TPSA) is 34.1 Å². The number of rotatable bonds is 7. The van der Waals surface area contributed by atoms with Crippen LogP contribution >= 0.6 is 11.3 Å². The van der Waals surface area contributed by atoms with Crippen molar-refractivity contribution in [3.63, 3.8) is 0 Å². The second kappa shape index (κ2) is 6.47. The molecule has 4 heteroatoms. The molecule has 0 aliphatic rings. The molecule has 1 rings (SSSR count). The molecule has 1 N–H and O–H groups in total. The first kappa shape index (κ1) is 14.6. The molecule has 0 spiro atoms. The molecule has 0 saturated heterocycles. The molecule has 0 amide bonds. The molecule has 0 aliphatic carbocycles. The zero-order chi connectivity index (χ0) is 12.9. The Morgan fingerprint density at radius 2 is 2.12 bits per heavy atom. The van der Waals surface area contributed by atoms with Gasteiger partial charge in [0.1, 0.15) is 10.6 Å². The zero-order valence-corrected chi connectivity index (χ0v) is 12.4. The first-order chi connectivity index (χ1) is 8.11. The van der Waals surface area contributed by atoms with Crippen molar-refractivity contribution in [3.8, 4) is 0 Å². The highest BCUT2D eigenvalue weighted by Gasteiger charge is 2.28. The molecule has 0 fully saturated rings. The molecule has 0 saturated carbocycles. The van der Waals surface area contributed by atoms with Crippen LogP contribution in [-0.2, 0) is 23.3 Å². The second-order valence-electron chi connectivity index (χ2n) is 4.46. The van der Waals surface area contributed by atoms with Crippen LogP contribution in [0.1, 0.15) is 49.2 Å². The first-order valence-corrected chi connectivity index (χ1v) is 7.11. The fourth-order valence-corrected chi connectivity index (χ4v) is 3.04. The van der Waals surface area contributed by atoms with Gasteiger partial charge in [0.25, 0.3) is 0 Å². The molecule has 1 heterocycles. The summed E-state index contributed by atoms with van der Waals surface area (Å²) in [6.45, 7) is 7.35. The van der Waals surface area contributed by atoms with Gasteiger partial charge in [-0.15, -0.1) is 11.3 Å². The highest BCUT2D eigenvalue weighted by atomic mass is 32.1. The summed E-state index contributed by atoms with van der Waals surface area (Å²) in [5, 5.41) is 4.32. The van der Waals surface area contributed by atoms with E-state index in [0.29, 0.717) is 0 Å². The van der Waals surface area contributed by atoms with Gasteiger partial charge < -0.3 is 10.1 Å². The lowest BCUT2D eigenvalue weighted by atomic mass is 10.0. The van der Waals surface area contributed by atoms with Crippen molar-refractivity contribution < 1.29 is 4.74 Å². The van der Waals surface area contributed by atoms with Crippen LogP contribution in [-0.4, -0.2) is 19.1 Å². The highest BCUT2D eigenvalue weighted by Crippen LogP contribution is 2.33. The Balaban J connectivity index is 3.05. The Morgan fingerprint density at radius 3 is 2.59 bits per heavy atom. The smallest absolute Gasteiger partial charge is 0.125 e. The Bertz CT molecular complexity index is 322. The molecular formula is C13H24N2OS. The van der Waals surface area contributed by atoms with Gasteiger partial charge in [-0.2, -0.15) is 0 Å². The number of ether oxygens (including phenoxy) is 1. The maximum absolute atomic E-state index is 5.63. The summed E-state index contributed by atoms with van der Waals surface area (Å²) in [6, 6.07) is 0. The monoisotopic (exact) mass is 256 g/mol. The summed E-state index contributed by atoms with van der Waals surface area (Å²) in [5.74, 6) is 0. The Hall–Kier alpha value is -0.450. The van der Waals surface area contributed by atoms with Crippen molar-refractivity contribution in [2.24, 2.45) is 0 Å². The number of nitrogens with zero attached hydrogens (tertiary/aromatic N) is 1. The van der Waals surface area contributed by atoms with Crippen LogP contribution in [0, 0.1) is 0 Å². The number of methoxy groups -OCH3 is 1. The van der Waals surface area contributed by atoms with Gasteiger partial charge >= 0.3 is 0 Å². The standard InChI is InChI=1S/C13H24N2OS/c1-6-8-10-11(9-14-4)17-12(15-10)13(3,7-2)16-5/h14H,6-9H2,1-5H3. The van der Waals surface area contributed by atoms with Gasteiger partial charge in [-0.3, -0.25) is 0 Å². The van der Waals surface area contributed by atoms with Crippen LogP contribution in [0.4, 0.5) is 0 Å². The maximum Gasteiger partial charge on any atom is 0.125 e. The molecule has 1 unspecified atom stereocenters. The Labute approximate surface area is 109 Å². The lowest BCUT2D eigenvalue weighted by Gasteiger charge is -2.23. The average Bonchev–Trinajstić information content (AvgIpc) is 2.73. The maximum atomic E-state index is 5.63. The number of nitrogens with one attached hydrogen (secondary N) is 1. The van der Waals surface area contributed by atoms with E-state index in [1.807, 2.05) is 7.05 Å². The average molecular weight is 256 g/mol. The van der Waals surface area contributed by atoms with Gasteiger partial charge in [-0.1, -0.05) is 20.3 Å². The third-order valence-electron chi connectivity index (χ3n) is 3.18. The summed E-state index contributed by atoms with van der Waals surface area (Å²) in [5.41, 5.74) is 0.998. The van der Waals surface area contributed by atoms with E-state index >= 15 is 0 Å². The Morgan fingerprint density at radius 1 is 1.41 bits per heavy atom. The highest BCUT2D eigenvalue weighted by molar-refractivity contribution is 7.11. The fourth-order valence-electron chi connectivity index (χ4n) is 1.72. The van der Waals surface area contributed by atoms with E-state index in [1.165, 1.54) is 10.6 Å². The van der Waals surface area contributed by atoms with Crippen LogP contribution < -0.4 is 5.32 Å². The normalized spacial score (nSPS) is 14.9. The second-order valence-corrected chi connectivity index (χ2v) is 5.54. The Kier molecular flexibility index (Phi) is 5.56. The van der Waals surface area contributed by atoms with E-state index in [1.54, 1.807) is 18.4 Å². The van der Waals surface area contributed by atoms with Gasteiger partial charge in [0.15, 0.2) is 0 Å². The molecule has 98 valence electrons. The zero-order valence-electron chi connectivity index (χ0n) is 11.6. The fraction of sp³-hybridized carbons (Fsp3) is 0.769. The van der Waals surface area contributed by atoms with Crippen molar-refractivity contribution in [3.05, 3.63) is 15.6 Å². The predicted molar refractivity (Wildman–Crippen MR) is 73.5 cm³/mol. The van der Waals surface area contributed by atoms with Crippen molar-refractivity contribution in [2.75, 3.05) is 14.2 Å². The molecule has 0 aliphatic heterocycles. The molecule has 1 aromatic heterocycles. The van der Waals surface area contributed by atoms with E-state index < -0.39 is 0 Å². The summed E-state index contributed by atoms with van der Waals surface area (Å²) >= 11 is 1.78. The van der Waals surface area contributed by atoms with Gasteiger partial charge in [-0.25, -0.2) is 4.98 Å². The van der Waals surface area contributed by atoms with E-state index in [-0.39, 0.29) is 5.60 Å². The van der Waals surface area contributed by atoms with Crippen LogP contribution in [0.3, 0.4) is 0 Å². The van der Waals surface area contributed by atoms with E-state index in [9.17, 15) is 0 Å². The molecule has 1 aromatic rings. The van der Waals surface area contributed by atoms with Crippen molar-refractivity contribution >= 4 is 11.3 Å². The number of aromatic nitrogens is 1. The van der Waals surface area contributed by atoms with Gasteiger partial charge in [0, 0.05) is 18.5 Å². The van der Waals surface area contributed by atoms with E-state index in [0.717, 1.165) is 30.8 Å².